The molecule has 0 spiro atoms. The molecule has 0 aromatic heterocycles. The average molecular weight is 275 g/mol. The van der Waals surface area contributed by atoms with Gasteiger partial charge in [0.15, 0.2) is 0 Å². The second kappa shape index (κ2) is 3.60. The molecule has 0 aromatic rings. The fraction of sp³-hybridized carbons (Fsp3) is 0.941. The van der Waals surface area contributed by atoms with Crippen LogP contribution in [0.25, 0.3) is 0 Å². The molecule has 1 aliphatic heterocycles. The van der Waals surface area contributed by atoms with Crippen LogP contribution in [0.4, 0.5) is 0 Å². The van der Waals surface area contributed by atoms with Crippen LogP contribution in [0, 0.1) is 29.1 Å². The Hall–Kier alpha value is -0.570. The molecule has 110 valence electrons. The lowest BCUT2D eigenvalue weighted by atomic mass is 9.49. The molecule has 20 heavy (non-hydrogen) atoms. The van der Waals surface area contributed by atoms with E-state index in [4.69, 9.17) is 0 Å². The van der Waals surface area contributed by atoms with Gasteiger partial charge in [-0.1, -0.05) is 0 Å². The normalized spacial score (nSPS) is 48.2. The summed E-state index contributed by atoms with van der Waals surface area (Å²) < 4.78 is 0. The van der Waals surface area contributed by atoms with E-state index in [-0.39, 0.29) is 5.41 Å². The molecular formula is C17H25NO2. The molecule has 1 amide bonds. The lowest BCUT2D eigenvalue weighted by Gasteiger charge is -2.59. The molecule has 4 bridgehead atoms. The van der Waals surface area contributed by atoms with Crippen molar-refractivity contribution in [3.8, 4) is 0 Å². The van der Waals surface area contributed by atoms with Crippen molar-refractivity contribution in [2.75, 3.05) is 13.1 Å². The zero-order chi connectivity index (χ0) is 13.5. The molecule has 0 radical (unpaired) electrons. The third-order valence-corrected chi connectivity index (χ3v) is 7.05. The lowest BCUT2D eigenvalue weighted by molar-refractivity contribution is -0.181. The molecule has 6 fully saturated rings. The fourth-order valence-corrected chi connectivity index (χ4v) is 6.35. The minimum absolute atomic E-state index is 0.0143. The van der Waals surface area contributed by atoms with Crippen LogP contribution >= 0.6 is 0 Å². The molecule has 5 saturated carbocycles. The van der Waals surface area contributed by atoms with Gasteiger partial charge in [-0.15, -0.1) is 0 Å². The molecule has 6 rings (SSSR count). The van der Waals surface area contributed by atoms with Gasteiger partial charge in [-0.05, 0) is 75.0 Å². The Morgan fingerprint density at radius 3 is 1.90 bits per heavy atom. The van der Waals surface area contributed by atoms with Gasteiger partial charge in [0.25, 0.3) is 0 Å². The number of hydrogen-bond acceptors (Lipinski definition) is 2. The third kappa shape index (κ3) is 1.53. The van der Waals surface area contributed by atoms with Gasteiger partial charge in [0.05, 0.1) is 18.5 Å². The van der Waals surface area contributed by atoms with Crippen molar-refractivity contribution in [2.45, 2.75) is 57.0 Å². The summed E-state index contributed by atoms with van der Waals surface area (Å²) in [5.74, 6) is 3.38. The summed E-state index contributed by atoms with van der Waals surface area (Å²) in [6.45, 7) is 1.25. The highest BCUT2D eigenvalue weighted by atomic mass is 16.3. The maximum atomic E-state index is 13.0. The van der Waals surface area contributed by atoms with Crippen LogP contribution in [0.2, 0.25) is 0 Å². The summed E-state index contributed by atoms with van der Waals surface area (Å²) in [5.41, 5.74) is -0.530. The number of β-amino-alcohol motifs (C(OH)–C–C–N with tert-alkyl or cyclic N) is 1. The minimum Gasteiger partial charge on any atom is -0.386 e. The molecule has 5 aliphatic carbocycles. The first-order valence-corrected chi connectivity index (χ1v) is 8.58. The lowest BCUT2D eigenvalue weighted by Crippen LogP contribution is -2.68. The van der Waals surface area contributed by atoms with Crippen molar-refractivity contribution >= 4 is 5.91 Å². The second-order valence-electron chi connectivity index (χ2n) is 8.74. The topological polar surface area (TPSA) is 40.5 Å². The molecule has 1 N–H and O–H groups in total. The SMILES string of the molecule is O=C(N1CC(O)(C2CC2)C1)C12CC3CC(CC(C3)C1)C2. The van der Waals surface area contributed by atoms with E-state index in [1.54, 1.807) is 0 Å². The number of hydrogen-bond donors (Lipinski definition) is 1. The summed E-state index contributed by atoms with van der Waals surface area (Å²) in [6.07, 6.45) is 9.93. The number of carbonyl (C=O) groups is 1. The molecule has 3 heteroatoms. The monoisotopic (exact) mass is 275 g/mol. The van der Waals surface area contributed by atoms with Gasteiger partial charge in [-0.3, -0.25) is 4.79 Å². The Kier molecular flexibility index (Phi) is 2.16. The molecular weight excluding hydrogens is 250 g/mol. The zero-order valence-corrected chi connectivity index (χ0v) is 12.2. The minimum atomic E-state index is -0.516. The fourth-order valence-electron chi connectivity index (χ4n) is 6.35. The first kappa shape index (κ1) is 12.0. The Balaban J connectivity index is 1.34. The van der Waals surface area contributed by atoms with Crippen molar-refractivity contribution in [1.29, 1.82) is 0 Å². The van der Waals surface area contributed by atoms with E-state index in [1.165, 1.54) is 19.3 Å². The maximum absolute atomic E-state index is 13.0. The van der Waals surface area contributed by atoms with Crippen LogP contribution in [0.1, 0.15) is 51.4 Å². The summed E-state index contributed by atoms with van der Waals surface area (Å²) in [7, 11) is 0. The number of aliphatic hydroxyl groups is 1. The van der Waals surface area contributed by atoms with Crippen LogP contribution in [0.3, 0.4) is 0 Å². The van der Waals surface area contributed by atoms with Gasteiger partial charge >= 0.3 is 0 Å². The molecule has 3 nitrogen and oxygen atoms in total. The highest BCUT2D eigenvalue weighted by molar-refractivity contribution is 5.84. The molecule has 0 atom stereocenters. The standard InChI is InChI=1S/C17H25NO2/c19-15(18-9-17(20,10-18)14-1-2-14)16-6-11-3-12(7-16)5-13(4-11)8-16/h11-14,20H,1-10H2. The van der Waals surface area contributed by atoms with Gasteiger partial charge in [-0.2, -0.15) is 0 Å². The Labute approximate surface area is 120 Å². The van der Waals surface area contributed by atoms with Crippen molar-refractivity contribution < 1.29 is 9.90 Å². The molecule has 6 aliphatic rings. The average Bonchev–Trinajstić information content (AvgIpc) is 3.16. The van der Waals surface area contributed by atoms with E-state index < -0.39 is 5.60 Å². The van der Waals surface area contributed by atoms with E-state index in [0.717, 1.165) is 49.9 Å². The van der Waals surface area contributed by atoms with E-state index >= 15 is 0 Å². The first-order chi connectivity index (χ1) is 9.56. The largest absolute Gasteiger partial charge is 0.386 e. The summed E-state index contributed by atoms with van der Waals surface area (Å²) in [4.78, 5) is 15.0. The Morgan fingerprint density at radius 1 is 0.950 bits per heavy atom. The van der Waals surface area contributed by atoms with E-state index in [2.05, 4.69) is 0 Å². The van der Waals surface area contributed by atoms with Crippen molar-refractivity contribution in [3.63, 3.8) is 0 Å². The predicted molar refractivity (Wildman–Crippen MR) is 74.9 cm³/mol. The number of carbonyl (C=O) groups excluding carboxylic acids is 1. The summed E-state index contributed by atoms with van der Waals surface area (Å²) >= 11 is 0. The quantitative estimate of drug-likeness (QED) is 0.839. The van der Waals surface area contributed by atoms with Crippen LogP contribution in [-0.2, 0) is 4.79 Å². The van der Waals surface area contributed by atoms with Crippen molar-refractivity contribution in [2.24, 2.45) is 29.1 Å². The predicted octanol–water partition coefficient (Wildman–Crippen LogP) is 2.19. The number of nitrogens with zero attached hydrogens (tertiary/aromatic N) is 1. The van der Waals surface area contributed by atoms with Gasteiger partial charge in [0, 0.05) is 0 Å². The van der Waals surface area contributed by atoms with E-state index in [0.29, 0.717) is 24.9 Å². The van der Waals surface area contributed by atoms with Crippen molar-refractivity contribution in [1.82, 2.24) is 4.90 Å². The molecule has 1 heterocycles. The summed E-state index contributed by atoms with van der Waals surface area (Å²) in [5, 5.41) is 10.5. The maximum Gasteiger partial charge on any atom is 0.229 e. The van der Waals surface area contributed by atoms with E-state index in [1.807, 2.05) is 4.90 Å². The third-order valence-electron chi connectivity index (χ3n) is 7.05. The van der Waals surface area contributed by atoms with Crippen molar-refractivity contribution in [3.05, 3.63) is 0 Å². The first-order valence-electron chi connectivity index (χ1n) is 8.58. The van der Waals surface area contributed by atoms with Crippen LogP contribution in [0.5, 0.6) is 0 Å². The van der Waals surface area contributed by atoms with Crippen LogP contribution < -0.4 is 0 Å². The number of rotatable bonds is 2. The molecule has 0 unspecified atom stereocenters. The van der Waals surface area contributed by atoms with Crippen LogP contribution in [-0.4, -0.2) is 34.6 Å². The van der Waals surface area contributed by atoms with Gasteiger partial charge < -0.3 is 10.0 Å². The number of amides is 1. The van der Waals surface area contributed by atoms with Crippen LogP contribution in [0.15, 0.2) is 0 Å². The highest BCUT2D eigenvalue weighted by Gasteiger charge is 2.60. The van der Waals surface area contributed by atoms with Gasteiger partial charge in [0.1, 0.15) is 5.60 Å². The summed E-state index contributed by atoms with van der Waals surface area (Å²) in [6, 6.07) is 0. The van der Waals surface area contributed by atoms with Gasteiger partial charge in [-0.25, -0.2) is 0 Å². The molecule has 1 saturated heterocycles. The Bertz CT molecular complexity index is 426. The zero-order valence-electron chi connectivity index (χ0n) is 12.2. The second-order valence-corrected chi connectivity index (χ2v) is 8.74. The number of likely N-dealkylation sites (tertiary alicyclic amines) is 1. The molecule has 0 aromatic carbocycles. The Morgan fingerprint density at radius 2 is 1.45 bits per heavy atom. The smallest absolute Gasteiger partial charge is 0.229 e. The highest BCUT2D eigenvalue weighted by Crippen LogP contribution is 2.61. The van der Waals surface area contributed by atoms with Gasteiger partial charge in [0.2, 0.25) is 5.91 Å². The van der Waals surface area contributed by atoms with E-state index in [9.17, 15) is 9.90 Å².